The van der Waals surface area contributed by atoms with Crippen LogP contribution >= 0.6 is 0 Å². The van der Waals surface area contributed by atoms with Crippen LogP contribution in [-0.2, 0) is 16.0 Å². The van der Waals surface area contributed by atoms with Crippen LogP contribution in [0.3, 0.4) is 0 Å². The lowest BCUT2D eigenvalue weighted by molar-refractivity contribution is -0.138. The number of ether oxygens (including phenoxy) is 2. The topological polar surface area (TPSA) is 93.1 Å². The summed E-state index contributed by atoms with van der Waals surface area (Å²) in [7, 11) is 2.15. The zero-order valence-electron chi connectivity index (χ0n) is 23.4. The van der Waals surface area contributed by atoms with Gasteiger partial charge in [-0.05, 0) is 57.5 Å². The Morgan fingerprint density at radius 1 is 1.30 bits per heavy atom. The number of fused-ring (bicyclic) bond motifs is 2. The fourth-order valence-corrected chi connectivity index (χ4v) is 7.71. The normalized spacial score (nSPS) is 36.1. The van der Waals surface area contributed by atoms with E-state index in [1.165, 1.54) is 18.6 Å². The number of carbonyl (C=O) groups excluding carboxylic acids is 1. The predicted octanol–water partition coefficient (Wildman–Crippen LogP) is 2.19. The number of hydrogen-bond acceptors (Lipinski definition) is 8. The second-order valence-electron chi connectivity index (χ2n) is 12.2. The van der Waals surface area contributed by atoms with Crippen LogP contribution in [0.25, 0.3) is 0 Å². The number of nitrogens with one attached hydrogen (secondary N) is 2. The molecular formula is C30H41FN6O3. The van der Waals surface area contributed by atoms with E-state index >= 15 is 0 Å². The molecule has 1 amide bonds. The summed E-state index contributed by atoms with van der Waals surface area (Å²) in [5.74, 6) is 0.636. The summed E-state index contributed by atoms with van der Waals surface area (Å²) >= 11 is 0. The lowest BCUT2D eigenvalue weighted by Gasteiger charge is -2.54. The fourth-order valence-electron chi connectivity index (χ4n) is 7.71. The number of likely N-dealkylation sites (N-methyl/N-ethyl adjacent to an activating group) is 1. The molecule has 7 atom stereocenters. The second kappa shape index (κ2) is 11.4. The molecule has 0 radical (unpaired) electrons. The molecule has 1 aromatic rings. The summed E-state index contributed by atoms with van der Waals surface area (Å²) < 4.78 is 27.6. The molecule has 0 bridgehead atoms. The summed E-state index contributed by atoms with van der Waals surface area (Å²) in [6, 6.07) is 7.72. The van der Waals surface area contributed by atoms with Gasteiger partial charge in [-0.3, -0.25) is 20.3 Å². The van der Waals surface area contributed by atoms with Crippen LogP contribution in [-0.4, -0.2) is 96.7 Å². The highest BCUT2D eigenvalue weighted by molar-refractivity contribution is 5.87. The van der Waals surface area contributed by atoms with Crippen LogP contribution in [0.4, 0.5) is 4.39 Å². The van der Waals surface area contributed by atoms with Gasteiger partial charge in [0.25, 0.3) is 0 Å². The molecule has 0 aromatic heterocycles. The van der Waals surface area contributed by atoms with E-state index in [0.717, 1.165) is 32.2 Å². The SMILES string of the molecule is C=CC(=O)N1CCN(C2NC(OCC3CCCN3C)NC3C[C@@]4(CCC32)Cc2c(F)cccc2O4)CC1CC#N. The molecule has 216 valence electrons. The number of rotatable bonds is 6. The first-order chi connectivity index (χ1) is 19.4. The zero-order valence-corrected chi connectivity index (χ0v) is 23.4. The molecule has 4 fully saturated rings. The van der Waals surface area contributed by atoms with Gasteiger partial charge in [-0.1, -0.05) is 12.6 Å². The Labute approximate surface area is 236 Å². The van der Waals surface area contributed by atoms with Gasteiger partial charge in [0.1, 0.15) is 17.2 Å². The van der Waals surface area contributed by atoms with Gasteiger partial charge in [-0.15, -0.1) is 0 Å². The van der Waals surface area contributed by atoms with Crippen LogP contribution in [0, 0.1) is 23.1 Å². The summed E-state index contributed by atoms with van der Waals surface area (Å²) in [5.41, 5.74) is 0.265. The molecule has 6 unspecified atom stereocenters. The van der Waals surface area contributed by atoms with Crippen LogP contribution in [0.2, 0.25) is 0 Å². The van der Waals surface area contributed by atoms with E-state index in [0.29, 0.717) is 50.0 Å². The van der Waals surface area contributed by atoms with Crippen molar-refractivity contribution in [3.8, 4) is 11.8 Å². The van der Waals surface area contributed by atoms with Crippen LogP contribution in [0.5, 0.6) is 5.75 Å². The molecule has 1 aromatic carbocycles. The van der Waals surface area contributed by atoms with Crippen molar-refractivity contribution in [1.29, 1.82) is 5.26 Å². The van der Waals surface area contributed by atoms with E-state index in [9.17, 15) is 14.4 Å². The molecule has 2 N–H and O–H groups in total. The number of carbonyl (C=O) groups is 1. The lowest BCUT2D eigenvalue weighted by atomic mass is 9.71. The standard InChI is InChI=1S/C30H41FN6O3/c1-3-27(38)37-15-14-36(18-20(37)10-12-32)28-22-9-11-30(16-23-24(31)7-4-8-26(23)40-30)17-25(22)33-29(34-28)39-19-21-6-5-13-35(21)2/h3-4,7-8,20-22,25,28-29,33-34H,1,5-6,9-11,13-19H2,2H3/t20?,21?,22?,25?,28?,29?,30-/m1/s1. The fraction of sp³-hybridized carbons (Fsp3) is 0.667. The van der Waals surface area contributed by atoms with Crippen LogP contribution < -0.4 is 15.4 Å². The maximum Gasteiger partial charge on any atom is 0.246 e. The van der Waals surface area contributed by atoms with Gasteiger partial charge in [0.2, 0.25) is 5.91 Å². The van der Waals surface area contributed by atoms with Crippen molar-refractivity contribution in [2.45, 2.75) is 81.2 Å². The third kappa shape index (κ3) is 5.26. The highest BCUT2D eigenvalue weighted by Crippen LogP contribution is 2.47. The van der Waals surface area contributed by atoms with E-state index in [4.69, 9.17) is 9.47 Å². The van der Waals surface area contributed by atoms with Crippen molar-refractivity contribution >= 4 is 5.91 Å². The Balaban J connectivity index is 1.21. The van der Waals surface area contributed by atoms with Gasteiger partial charge < -0.3 is 19.3 Å². The van der Waals surface area contributed by atoms with Crippen molar-refractivity contribution < 1.29 is 18.7 Å². The Morgan fingerprint density at radius 2 is 2.17 bits per heavy atom. The summed E-state index contributed by atoms with van der Waals surface area (Å²) in [4.78, 5) is 19.0. The average molecular weight is 553 g/mol. The summed E-state index contributed by atoms with van der Waals surface area (Å²) in [6.07, 6.45) is 6.75. The molecule has 4 heterocycles. The van der Waals surface area contributed by atoms with Crippen molar-refractivity contribution in [2.75, 3.05) is 39.8 Å². The smallest absolute Gasteiger partial charge is 0.246 e. The molecule has 5 aliphatic rings. The molecule has 4 aliphatic heterocycles. The molecule has 3 saturated heterocycles. The highest BCUT2D eigenvalue weighted by Gasteiger charge is 2.52. The van der Waals surface area contributed by atoms with Gasteiger partial charge in [0.05, 0.1) is 31.3 Å². The minimum atomic E-state index is -0.421. The highest BCUT2D eigenvalue weighted by atomic mass is 19.1. The van der Waals surface area contributed by atoms with E-state index < -0.39 is 5.60 Å². The quantitative estimate of drug-likeness (QED) is 0.519. The lowest BCUT2D eigenvalue weighted by Crippen LogP contribution is -2.73. The minimum absolute atomic E-state index is 0.0256. The van der Waals surface area contributed by atoms with E-state index in [-0.39, 0.29) is 48.7 Å². The number of hydrogen-bond donors (Lipinski definition) is 2. The molecule has 1 spiro atoms. The number of piperazine rings is 1. The largest absolute Gasteiger partial charge is 0.486 e. The summed E-state index contributed by atoms with van der Waals surface area (Å²) in [5, 5.41) is 17.0. The maximum absolute atomic E-state index is 14.6. The molecule has 1 saturated carbocycles. The van der Waals surface area contributed by atoms with Gasteiger partial charge in [0.15, 0.2) is 6.35 Å². The Kier molecular flexibility index (Phi) is 7.85. The summed E-state index contributed by atoms with van der Waals surface area (Å²) in [6.45, 7) is 7.27. The van der Waals surface area contributed by atoms with E-state index in [1.807, 2.05) is 6.07 Å². The zero-order chi connectivity index (χ0) is 27.9. The van der Waals surface area contributed by atoms with Gasteiger partial charge >= 0.3 is 0 Å². The minimum Gasteiger partial charge on any atom is -0.486 e. The number of benzene rings is 1. The Hall–Kier alpha value is -2.55. The second-order valence-corrected chi connectivity index (χ2v) is 12.2. The molecule has 40 heavy (non-hydrogen) atoms. The predicted molar refractivity (Wildman–Crippen MR) is 148 cm³/mol. The molecule has 9 nitrogen and oxygen atoms in total. The number of likely N-dealkylation sites (tertiary alicyclic amines) is 1. The van der Waals surface area contributed by atoms with Crippen molar-refractivity contribution in [1.82, 2.24) is 25.3 Å². The number of amides is 1. The van der Waals surface area contributed by atoms with Crippen molar-refractivity contribution in [3.63, 3.8) is 0 Å². The van der Waals surface area contributed by atoms with Crippen molar-refractivity contribution in [3.05, 3.63) is 42.2 Å². The van der Waals surface area contributed by atoms with E-state index in [1.54, 1.807) is 11.0 Å². The van der Waals surface area contributed by atoms with Crippen LogP contribution in [0.1, 0.15) is 44.1 Å². The molecular weight excluding hydrogens is 511 g/mol. The van der Waals surface area contributed by atoms with Crippen molar-refractivity contribution in [2.24, 2.45) is 5.92 Å². The Morgan fingerprint density at radius 3 is 2.92 bits per heavy atom. The monoisotopic (exact) mass is 552 g/mol. The van der Waals surface area contributed by atoms with Gasteiger partial charge in [-0.2, -0.15) is 5.26 Å². The molecule has 10 heteroatoms. The molecule has 1 aliphatic carbocycles. The van der Waals surface area contributed by atoms with E-state index in [2.05, 4.69) is 40.1 Å². The maximum atomic E-state index is 14.6. The number of nitrogens with zero attached hydrogens (tertiary/aromatic N) is 4. The Bertz CT molecular complexity index is 1160. The van der Waals surface area contributed by atoms with Gasteiger partial charge in [0, 0.05) is 56.0 Å². The first-order valence-corrected chi connectivity index (χ1v) is 14.7. The first-order valence-electron chi connectivity index (χ1n) is 14.7. The number of nitriles is 1. The third-order valence-electron chi connectivity index (χ3n) is 9.86. The number of halogens is 1. The molecule has 6 rings (SSSR count). The average Bonchev–Trinajstić information content (AvgIpc) is 3.54. The first kappa shape index (κ1) is 27.6. The van der Waals surface area contributed by atoms with Crippen LogP contribution in [0.15, 0.2) is 30.9 Å². The third-order valence-corrected chi connectivity index (χ3v) is 9.86. The van der Waals surface area contributed by atoms with Gasteiger partial charge in [-0.25, -0.2) is 4.39 Å².